The van der Waals surface area contributed by atoms with Crippen LogP contribution in [0.5, 0.6) is 0 Å². The molecule has 0 aliphatic heterocycles. The standard InChI is InChI=1S/C7H6N2O4.C2H6/c8-5-2-1-4(7(10)11)3-6(5)9(12)13;1-2/h1-3H,8H2,(H,10,11);1-2H3. The summed E-state index contributed by atoms with van der Waals surface area (Å²) in [5.41, 5.74) is 4.67. The molecule has 0 heterocycles. The van der Waals surface area contributed by atoms with Crippen molar-refractivity contribution >= 4 is 17.3 Å². The normalized spacial score (nSPS) is 8.67. The zero-order chi connectivity index (χ0) is 12.0. The van der Waals surface area contributed by atoms with Crippen LogP contribution in [0.25, 0.3) is 0 Å². The van der Waals surface area contributed by atoms with Gasteiger partial charge in [-0.3, -0.25) is 10.1 Å². The predicted octanol–water partition coefficient (Wildman–Crippen LogP) is 1.90. The van der Waals surface area contributed by atoms with Gasteiger partial charge in [0.25, 0.3) is 5.69 Å². The Morgan fingerprint density at radius 1 is 1.47 bits per heavy atom. The number of aromatic carboxylic acids is 1. The average Bonchev–Trinajstić information content (AvgIpc) is 2.20. The van der Waals surface area contributed by atoms with Crippen molar-refractivity contribution in [3.05, 3.63) is 33.9 Å². The Kier molecular flexibility index (Phi) is 4.80. The van der Waals surface area contributed by atoms with Crippen molar-refractivity contribution in [3.8, 4) is 0 Å². The maximum absolute atomic E-state index is 10.4. The lowest BCUT2D eigenvalue weighted by Gasteiger charge is -1.97. The van der Waals surface area contributed by atoms with E-state index in [-0.39, 0.29) is 16.9 Å². The predicted molar refractivity (Wildman–Crippen MR) is 55.8 cm³/mol. The minimum atomic E-state index is -1.22. The van der Waals surface area contributed by atoms with Gasteiger partial charge in [-0.1, -0.05) is 13.8 Å². The minimum absolute atomic E-state index is 0.0463. The van der Waals surface area contributed by atoms with Crippen LogP contribution < -0.4 is 5.73 Å². The number of hydrogen-bond acceptors (Lipinski definition) is 4. The molecule has 0 radical (unpaired) electrons. The molecule has 0 aromatic heterocycles. The fourth-order valence-corrected chi connectivity index (χ4v) is 0.835. The molecule has 0 amide bonds. The molecule has 6 nitrogen and oxygen atoms in total. The third-order valence-corrected chi connectivity index (χ3v) is 1.47. The number of benzene rings is 1. The lowest BCUT2D eigenvalue weighted by atomic mass is 10.2. The number of nitro benzene ring substituents is 1. The number of nitrogens with two attached hydrogens (primary N) is 1. The Hall–Kier alpha value is -2.11. The van der Waals surface area contributed by atoms with E-state index in [0.717, 1.165) is 6.07 Å². The number of carboxylic acids is 1. The van der Waals surface area contributed by atoms with Gasteiger partial charge >= 0.3 is 5.97 Å². The number of nitrogen functional groups attached to an aromatic ring is 1. The second kappa shape index (κ2) is 5.58. The van der Waals surface area contributed by atoms with E-state index < -0.39 is 10.9 Å². The van der Waals surface area contributed by atoms with E-state index in [1.165, 1.54) is 12.1 Å². The maximum Gasteiger partial charge on any atom is 0.335 e. The fourth-order valence-electron chi connectivity index (χ4n) is 0.835. The topological polar surface area (TPSA) is 106 Å². The van der Waals surface area contributed by atoms with Crippen molar-refractivity contribution in [3.63, 3.8) is 0 Å². The van der Waals surface area contributed by atoms with E-state index in [4.69, 9.17) is 10.8 Å². The number of nitro groups is 1. The fraction of sp³-hybridized carbons (Fsp3) is 0.222. The number of carboxylic acid groups (broad SMARTS) is 1. The maximum atomic E-state index is 10.4. The van der Waals surface area contributed by atoms with Gasteiger partial charge in [0.1, 0.15) is 5.69 Å². The monoisotopic (exact) mass is 212 g/mol. The summed E-state index contributed by atoms with van der Waals surface area (Å²) in [6.07, 6.45) is 0. The first-order valence-corrected chi connectivity index (χ1v) is 4.29. The molecule has 0 atom stereocenters. The third-order valence-electron chi connectivity index (χ3n) is 1.47. The number of anilines is 1. The summed E-state index contributed by atoms with van der Waals surface area (Å²) in [5, 5.41) is 18.8. The number of rotatable bonds is 2. The molecule has 3 N–H and O–H groups in total. The first kappa shape index (κ1) is 12.9. The molecule has 0 unspecified atom stereocenters. The minimum Gasteiger partial charge on any atom is -0.478 e. The van der Waals surface area contributed by atoms with Crippen LogP contribution in [0.1, 0.15) is 24.2 Å². The number of hydrogen-bond donors (Lipinski definition) is 2. The molecular weight excluding hydrogens is 200 g/mol. The van der Waals surface area contributed by atoms with Crippen LogP contribution in [-0.2, 0) is 0 Å². The molecule has 1 rings (SSSR count). The summed E-state index contributed by atoms with van der Waals surface area (Å²) in [7, 11) is 0. The summed E-state index contributed by atoms with van der Waals surface area (Å²) >= 11 is 0. The first-order valence-electron chi connectivity index (χ1n) is 4.29. The summed E-state index contributed by atoms with van der Waals surface area (Å²) in [6, 6.07) is 3.34. The Morgan fingerprint density at radius 3 is 2.40 bits per heavy atom. The molecule has 0 aliphatic carbocycles. The van der Waals surface area contributed by atoms with Gasteiger partial charge in [-0.05, 0) is 12.1 Å². The van der Waals surface area contributed by atoms with E-state index in [0.29, 0.717) is 0 Å². The molecule has 6 heteroatoms. The van der Waals surface area contributed by atoms with Crippen molar-refractivity contribution < 1.29 is 14.8 Å². The molecule has 1 aromatic carbocycles. The second-order valence-electron chi connectivity index (χ2n) is 2.34. The van der Waals surface area contributed by atoms with Crippen molar-refractivity contribution in [1.82, 2.24) is 0 Å². The molecule has 0 saturated carbocycles. The van der Waals surface area contributed by atoms with Crippen LogP contribution in [0, 0.1) is 10.1 Å². The van der Waals surface area contributed by atoms with E-state index >= 15 is 0 Å². The molecule has 1 aromatic rings. The molecule has 0 saturated heterocycles. The zero-order valence-electron chi connectivity index (χ0n) is 8.43. The highest BCUT2D eigenvalue weighted by molar-refractivity contribution is 5.89. The van der Waals surface area contributed by atoms with E-state index in [9.17, 15) is 14.9 Å². The zero-order valence-corrected chi connectivity index (χ0v) is 8.43. The lowest BCUT2D eigenvalue weighted by molar-refractivity contribution is -0.383. The van der Waals surface area contributed by atoms with Crippen molar-refractivity contribution in [2.24, 2.45) is 0 Å². The molecule has 82 valence electrons. The summed E-state index contributed by atoms with van der Waals surface area (Å²) < 4.78 is 0. The van der Waals surface area contributed by atoms with Crippen LogP contribution in [-0.4, -0.2) is 16.0 Å². The van der Waals surface area contributed by atoms with Gasteiger partial charge in [0.05, 0.1) is 10.5 Å². The van der Waals surface area contributed by atoms with Gasteiger partial charge in [-0.25, -0.2) is 4.79 Å². The Labute approximate surface area is 86.5 Å². The van der Waals surface area contributed by atoms with Gasteiger partial charge in [-0.2, -0.15) is 0 Å². The molecule has 0 bridgehead atoms. The molecule has 15 heavy (non-hydrogen) atoms. The van der Waals surface area contributed by atoms with E-state index in [1.54, 1.807) is 0 Å². The Bertz CT molecular complexity index is 376. The molecular formula is C9H12N2O4. The Morgan fingerprint density at radius 2 is 2.00 bits per heavy atom. The van der Waals surface area contributed by atoms with Crippen molar-refractivity contribution in [2.75, 3.05) is 5.73 Å². The SMILES string of the molecule is CC.Nc1ccc(C(=O)O)cc1[N+](=O)[O-]. The smallest absolute Gasteiger partial charge is 0.335 e. The first-order chi connectivity index (χ1) is 7.02. The number of nitrogens with zero attached hydrogens (tertiary/aromatic N) is 1. The quantitative estimate of drug-likeness (QED) is 0.442. The number of carbonyl (C=O) groups is 1. The Balaban J connectivity index is 0.000000921. The van der Waals surface area contributed by atoms with Gasteiger partial charge in [-0.15, -0.1) is 0 Å². The average molecular weight is 212 g/mol. The van der Waals surface area contributed by atoms with Crippen LogP contribution in [0.3, 0.4) is 0 Å². The van der Waals surface area contributed by atoms with Gasteiger partial charge in [0.2, 0.25) is 0 Å². The van der Waals surface area contributed by atoms with Crippen molar-refractivity contribution in [2.45, 2.75) is 13.8 Å². The molecule has 0 fully saturated rings. The highest BCUT2D eigenvalue weighted by Crippen LogP contribution is 2.21. The van der Waals surface area contributed by atoms with Crippen molar-refractivity contribution in [1.29, 1.82) is 0 Å². The van der Waals surface area contributed by atoms with E-state index in [1.807, 2.05) is 13.8 Å². The molecule has 0 aliphatic rings. The second-order valence-corrected chi connectivity index (χ2v) is 2.34. The lowest BCUT2D eigenvalue weighted by Crippen LogP contribution is -2.00. The van der Waals surface area contributed by atoms with Crippen LogP contribution >= 0.6 is 0 Å². The van der Waals surface area contributed by atoms with Crippen LogP contribution in [0.4, 0.5) is 11.4 Å². The van der Waals surface area contributed by atoms with Gasteiger partial charge in [0, 0.05) is 6.07 Å². The summed E-state index contributed by atoms with van der Waals surface area (Å²) in [4.78, 5) is 20.0. The summed E-state index contributed by atoms with van der Waals surface area (Å²) in [5.74, 6) is -1.22. The summed E-state index contributed by atoms with van der Waals surface area (Å²) in [6.45, 7) is 4.00. The highest BCUT2D eigenvalue weighted by atomic mass is 16.6. The van der Waals surface area contributed by atoms with E-state index in [2.05, 4.69) is 0 Å². The molecule has 0 spiro atoms. The highest BCUT2D eigenvalue weighted by Gasteiger charge is 2.14. The van der Waals surface area contributed by atoms with Gasteiger partial charge in [0.15, 0.2) is 0 Å². The third kappa shape index (κ3) is 3.26. The van der Waals surface area contributed by atoms with Crippen LogP contribution in [0.2, 0.25) is 0 Å². The van der Waals surface area contributed by atoms with Crippen LogP contribution in [0.15, 0.2) is 18.2 Å². The van der Waals surface area contributed by atoms with Gasteiger partial charge < -0.3 is 10.8 Å². The largest absolute Gasteiger partial charge is 0.478 e.